The SMILES string of the molecule is COc1cc(/C=C2\SC(=O)N(Cc3ccc4ccccc4c3)C2=O)ccc1OCc1ccc(I)cc1. The number of nitrogens with zero attached hydrogens (tertiary/aromatic N) is 1. The van der Waals surface area contributed by atoms with Crippen LogP contribution in [0.4, 0.5) is 4.79 Å². The molecule has 0 aliphatic carbocycles. The van der Waals surface area contributed by atoms with Crippen molar-refractivity contribution < 1.29 is 19.1 Å². The smallest absolute Gasteiger partial charge is 0.293 e. The monoisotopic (exact) mass is 607 g/mol. The Morgan fingerprint density at radius 2 is 1.61 bits per heavy atom. The molecular formula is C29H22INO4S. The number of ether oxygens (including phenoxy) is 2. The number of hydrogen-bond donors (Lipinski definition) is 0. The highest BCUT2D eigenvalue weighted by molar-refractivity contribution is 14.1. The molecule has 0 bridgehead atoms. The first-order valence-electron chi connectivity index (χ1n) is 11.3. The van der Waals surface area contributed by atoms with Gasteiger partial charge >= 0.3 is 0 Å². The van der Waals surface area contributed by atoms with Crippen LogP contribution in [0.1, 0.15) is 16.7 Å². The molecule has 5 nitrogen and oxygen atoms in total. The molecule has 5 rings (SSSR count). The molecule has 0 spiro atoms. The van der Waals surface area contributed by atoms with Crippen LogP contribution in [-0.4, -0.2) is 23.2 Å². The summed E-state index contributed by atoms with van der Waals surface area (Å²) in [6.07, 6.45) is 1.72. The lowest BCUT2D eigenvalue weighted by molar-refractivity contribution is -0.123. The molecule has 1 heterocycles. The van der Waals surface area contributed by atoms with E-state index >= 15 is 0 Å². The van der Waals surface area contributed by atoms with E-state index in [1.807, 2.05) is 78.9 Å². The minimum absolute atomic E-state index is 0.238. The Morgan fingerprint density at radius 3 is 2.39 bits per heavy atom. The molecule has 0 N–H and O–H groups in total. The maximum Gasteiger partial charge on any atom is 0.293 e. The number of carbonyl (C=O) groups excluding carboxylic acids is 2. The molecule has 1 aliphatic rings. The summed E-state index contributed by atoms with van der Waals surface area (Å²) >= 11 is 3.22. The van der Waals surface area contributed by atoms with Gasteiger partial charge in [-0.3, -0.25) is 14.5 Å². The van der Waals surface area contributed by atoms with Crippen molar-refractivity contribution in [2.24, 2.45) is 0 Å². The molecule has 0 atom stereocenters. The van der Waals surface area contributed by atoms with Crippen molar-refractivity contribution in [1.29, 1.82) is 0 Å². The van der Waals surface area contributed by atoms with Gasteiger partial charge < -0.3 is 9.47 Å². The molecule has 180 valence electrons. The van der Waals surface area contributed by atoms with E-state index in [2.05, 4.69) is 22.6 Å². The number of halogens is 1. The fourth-order valence-corrected chi connectivity index (χ4v) is 5.14. The van der Waals surface area contributed by atoms with E-state index in [-0.39, 0.29) is 17.7 Å². The average Bonchev–Trinajstić information content (AvgIpc) is 3.16. The highest BCUT2D eigenvalue weighted by Gasteiger charge is 2.35. The summed E-state index contributed by atoms with van der Waals surface area (Å²) < 4.78 is 12.6. The minimum Gasteiger partial charge on any atom is -0.493 e. The number of methoxy groups -OCH3 is 1. The summed E-state index contributed by atoms with van der Waals surface area (Å²) in [6, 6.07) is 27.6. The van der Waals surface area contributed by atoms with Crippen LogP contribution in [0.25, 0.3) is 16.8 Å². The van der Waals surface area contributed by atoms with Crippen LogP contribution in [0.15, 0.2) is 89.8 Å². The molecule has 7 heteroatoms. The molecule has 1 aliphatic heterocycles. The first-order chi connectivity index (χ1) is 17.5. The fraction of sp³-hybridized carbons (Fsp3) is 0.103. The third-order valence-corrected chi connectivity index (χ3v) is 7.45. The summed E-state index contributed by atoms with van der Waals surface area (Å²) in [5.41, 5.74) is 2.72. The zero-order valence-electron chi connectivity index (χ0n) is 19.4. The molecule has 0 radical (unpaired) electrons. The third kappa shape index (κ3) is 5.42. The van der Waals surface area contributed by atoms with Gasteiger partial charge in [0.15, 0.2) is 11.5 Å². The van der Waals surface area contributed by atoms with Crippen molar-refractivity contribution in [2.75, 3.05) is 7.11 Å². The molecule has 0 unspecified atom stereocenters. The van der Waals surface area contributed by atoms with Gasteiger partial charge in [-0.15, -0.1) is 0 Å². The van der Waals surface area contributed by atoms with Crippen molar-refractivity contribution in [3.8, 4) is 11.5 Å². The van der Waals surface area contributed by atoms with E-state index in [1.54, 1.807) is 19.3 Å². The van der Waals surface area contributed by atoms with Gasteiger partial charge in [0.25, 0.3) is 11.1 Å². The summed E-state index contributed by atoms with van der Waals surface area (Å²) in [4.78, 5) is 27.4. The summed E-state index contributed by atoms with van der Waals surface area (Å²) in [5.74, 6) is 0.874. The molecular weight excluding hydrogens is 585 g/mol. The molecule has 0 saturated carbocycles. The molecule has 1 fully saturated rings. The zero-order chi connectivity index (χ0) is 25.1. The minimum atomic E-state index is -0.295. The highest BCUT2D eigenvalue weighted by atomic mass is 127. The number of thioether (sulfide) groups is 1. The lowest BCUT2D eigenvalue weighted by Gasteiger charge is -2.13. The van der Waals surface area contributed by atoms with Gasteiger partial charge in [-0.25, -0.2) is 0 Å². The van der Waals surface area contributed by atoms with Crippen LogP contribution in [0.3, 0.4) is 0 Å². The molecule has 4 aromatic rings. The van der Waals surface area contributed by atoms with Gasteiger partial charge in [-0.1, -0.05) is 54.6 Å². The van der Waals surface area contributed by atoms with E-state index < -0.39 is 0 Å². The summed E-state index contributed by atoms with van der Waals surface area (Å²) in [7, 11) is 1.58. The van der Waals surface area contributed by atoms with Crippen molar-refractivity contribution in [3.05, 3.63) is 110 Å². The number of carbonyl (C=O) groups is 2. The largest absolute Gasteiger partial charge is 0.493 e. The lowest BCUT2D eigenvalue weighted by atomic mass is 10.1. The molecule has 0 aromatic heterocycles. The standard InChI is InChI=1S/C29H22INO4S/c1-34-26-15-20(9-13-25(26)35-18-19-7-11-24(30)12-8-19)16-27-28(32)31(29(33)36-27)17-21-6-10-22-4-2-3-5-23(22)14-21/h2-16H,17-18H2,1H3/b27-16-. The van der Waals surface area contributed by atoms with Crippen LogP contribution in [0.5, 0.6) is 11.5 Å². The normalized spacial score (nSPS) is 14.6. The van der Waals surface area contributed by atoms with Gasteiger partial charge in [0.05, 0.1) is 18.6 Å². The first kappa shape index (κ1) is 24.4. The van der Waals surface area contributed by atoms with E-state index in [4.69, 9.17) is 9.47 Å². The predicted molar refractivity (Wildman–Crippen MR) is 152 cm³/mol. The first-order valence-corrected chi connectivity index (χ1v) is 13.2. The fourth-order valence-electron chi connectivity index (χ4n) is 3.94. The molecule has 2 amide bonds. The zero-order valence-corrected chi connectivity index (χ0v) is 22.4. The Hall–Kier alpha value is -3.30. The van der Waals surface area contributed by atoms with Crippen LogP contribution in [-0.2, 0) is 17.9 Å². The van der Waals surface area contributed by atoms with Crippen molar-refractivity contribution >= 4 is 62.3 Å². The molecule has 4 aromatic carbocycles. The number of imide groups is 1. The van der Waals surface area contributed by atoms with Gasteiger partial charge in [0.1, 0.15) is 6.61 Å². The van der Waals surface area contributed by atoms with Gasteiger partial charge in [0.2, 0.25) is 0 Å². The van der Waals surface area contributed by atoms with Crippen LogP contribution in [0.2, 0.25) is 0 Å². The van der Waals surface area contributed by atoms with E-state index in [0.29, 0.717) is 23.0 Å². The average molecular weight is 607 g/mol. The number of fused-ring (bicyclic) bond motifs is 1. The Morgan fingerprint density at radius 1 is 0.861 bits per heavy atom. The number of hydrogen-bond acceptors (Lipinski definition) is 5. The van der Waals surface area contributed by atoms with Crippen LogP contribution >= 0.6 is 34.4 Å². The maximum absolute atomic E-state index is 13.1. The quantitative estimate of drug-likeness (QED) is 0.164. The Kier molecular flexibility index (Phi) is 7.29. The van der Waals surface area contributed by atoms with Gasteiger partial charge in [-0.05, 0) is 98.2 Å². The van der Waals surface area contributed by atoms with Crippen LogP contribution < -0.4 is 9.47 Å². The van der Waals surface area contributed by atoms with Gasteiger partial charge in [0, 0.05) is 3.57 Å². The second kappa shape index (κ2) is 10.8. The Labute approximate surface area is 227 Å². The number of amides is 2. The molecule has 36 heavy (non-hydrogen) atoms. The topological polar surface area (TPSA) is 55.8 Å². The Bertz CT molecular complexity index is 1480. The third-order valence-electron chi connectivity index (χ3n) is 5.82. The number of benzene rings is 4. The predicted octanol–water partition coefficient (Wildman–Crippen LogP) is 7.27. The van der Waals surface area contributed by atoms with Gasteiger partial charge in [-0.2, -0.15) is 0 Å². The second-order valence-electron chi connectivity index (χ2n) is 8.27. The summed E-state index contributed by atoms with van der Waals surface area (Å²) in [5, 5.41) is 1.92. The second-order valence-corrected chi connectivity index (χ2v) is 10.5. The number of rotatable bonds is 7. The Balaban J connectivity index is 1.30. The van der Waals surface area contributed by atoms with E-state index in [0.717, 1.165) is 39.2 Å². The van der Waals surface area contributed by atoms with E-state index in [1.165, 1.54) is 8.47 Å². The van der Waals surface area contributed by atoms with E-state index in [9.17, 15) is 9.59 Å². The highest BCUT2D eigenvalue weighted by Crippen LogP contribution is 2.35. The summed E-state index contributed by atoms with van der Waals surface area (Å²) in [6.45, 7) is 0.655. The van der Waals surface area contributed by atoms with Crippen molar-refractivity contribution in [2.45, 2.75) is 13.2 Å². The van der Waals surface area contributed by atoms with Crippen LogP contribution in [0, 0.1) is 3.57 Å². The maximum atomic E-state index is 13.1. The lowest BCUT2D eigenvalue weighted by Crippen LogP contribution is -2.27. The van der Waals surface area contributed by atoms with Crippen molar-refractivity contribution in [3.63, 3.8) is 0 Å². The van der Waals surface area contributed by atoms with Crippen molar-refractivity contribution in [1.82, 2.24) is 4.90 Å². The molecule has 1 saturated heterocycles.